The smallest absolute Gasteiger partial charge is 0.237 e. The Morgan fingerprint density at radius 2 is 1.84 bits per heavy atom. The van der Waals surface area contributed by atoms with Crippen LogP contribution < -0.4 is 20.7 Å². The van der Waals surface area contributed by atoms with Crippen molar-refractivity contribution < 1.29 is 14.3 Å². The van der Waals surface area contributed by atoms with Crippen molar-refractivity contribution in [3.8, 4) is 5.75 Å². The van der Waals surface area contributed by atoms with E-state index in [1.807, 2.05) is 42.5 Å². The van der Waals surface area contributed by atoms with Gasteiger partial charge in [-0.1, -0.05) is 30.3 Å². The van der Waals surface area contributed by atoms with E-state index in [2.05, 4.69) is 16.0 Å². The van der Waals surface area contributed by atoms with Crippen molar-refractivity contribution in [3.63, 3.8) is 0 Å². The summed E-state index contributed by atoms with van der Waals surface area (Å²) >= 11 is 0. The van der Waals surface area contributed by atoms with Gasteiger partial charge in [0.25, 0.3) is 0 Å². The highest BCUT2D eigenvalue weighted by Crippen LogP contribution is 2.17. The first-order chi connectivity index (χ1) is 12.2. The summed E-state index contributed by atoms with van der Waals surface area (Å²) < 4.78 is 5.71. The maximum Gasteiger partial charge on any atom is 0.237 e. The number of carbonyl (C=O) groups is 2. The molecule has 1 saturated heterocycles. The van der Waals surface area contributed by atoms with E-state index >= 15 is 0 Å². The molecule has 2 aromatic carbocycles. The molecule has 0 spiro atoms. The van der Waals surface area contributed by atoms with Crippen LogP contribution in [0.1, 0.15) is 12.0 Å². The molecule has 0 aliphatic carbocycles. The molecule has 6 heteroatoms. The van der Waals surface area contributed by atoms with E-state index in [-0.39, 0.29) is 18.2 Å². The normalized spacial score (nSPS) is 16.8. The largest absolute Gasteiger partial charge is 0.489 e. The van der Waals surface area contributed by atoms with E-state index in [4.69, 9.17) is 4.74 Å². The molecule has 1 heterocycles. The maximum absolute atomic E-state index is 12.1. The van der Waals surface area contributed by atoms with Crippen molar-refractivity contribution in [1.29, 1.82) is 0 Å². The molecule has 0 bridgehead atoms. The van der Waals surface area contributed by atoms with Gasteiger partial charge in [0.2, 0.25) is 11.8 Å². The van der Waals surface area contributed by atoms with Crippen molar-refractivity contribution in [2.75, 3.05) is 18.4 Å². The van der Waals surface area contributed by atoms with Crippen LogP contribution in [0.3, 0.4) is 0 Å². The molecule has 25 heavy (non-hydrogen) atoms. The zero-order chi connectivity index (χ0) is 17.5. The molecule has 1 unspecified atom stereocenters. The van der Waals surface area contributed by atoms with E-state index in [1.54, 1.807) is 12.1 Å². The molecule has 1 aliphatic heterocycles. The van der Waals surface area contributed by atoms with Gasteiger partial charge in [-0.3, -0.25) is 9.59 Å². The Labute approximate surface area is 146 Å². The standard InChI is InChI=1S/C19H21N3O3/c23-18(12-17-19(24)21-11-10-20-17)22-15-6-8-16(9-7-15)25-13-14-4-2-1-3-5-14/h1-9,17,20H,10-13H2,(H,21,24)(H,22,23). The summed E-state index contributed by atoms with van der Waals surface area (Å²) in [5.74, 6) is 0.397. The van der Waals surface area contributed by atoms with E-state index < -0.39 is 6.04 Å². The van der Waals surface area contributed by atoms with Crippen molar-refractivity contribution >= 4 is 17.5 Å². The Kier molecular flexibility index (Phi) is 5.64. The molecule has 130 valence electrons. The summed E-state index contributed by atoms with van der Waals surface area (Å²) in [5.41, 5.74) is 1.77. The van der Waals surface area contributed by atoms with Crippen LogP contribution >= 0.6 is 0 Å². The van der Waals surface area contributed by atoms with Gasteiger partial charge in [0.05, 0.1) is 12.5 Å². The molecule has 0 radical (unpaired) electrons. The van der Waals surface area contributed by atoms with Gasteiger partial charge in [0.1, 0.15) is 12.4 Å². The van der Waals surface area contributed by atoms with Crippen molar-refractivity contribution in [2.24, 2.45) is 0 Å². The fourth-order valence-electron chi connectivity index (χ4n) is 2.59. The van der Waals surface area contributed by atoms with Gasteiger partial charge in [-0.2, -0.15) is 0 Å². The summed E-state index contributed by atoms with van der Waals surface area (Å²) in [6, 6.07) is 16.6. The lowest BCUT2D eigenvalue weighted by molar-refractivity contribution is -0.127. The van der Waals surface area contributed by atoms with E-state index in [0.717, 1.165) is 11.3 Å². The Morgan fingerprint density at radius 3 is 2.56 bits per heavy atom. The van der Waals surface area contributed by atoms with Crippen molar-refractivity contribution in [3.05, 3.63) is 60.2 Å². The summed E-state index contributed by atoms with van der Waals surface area (Å²) in [7, 11) is 0. The lowest BCUT2D eigenvalue weighted by atomic mass is 10.1. The molecule has 1 atom stereocenters. The number of amides is 2. The summed E-state index contributed by atoms with van der Waals surface area (Å²) in [5, 5.41) is 8.57. The number of hydrogen-bond acceptors (Lipinski definition) is 4. The van der Waals surface area contributed by atoms with Crippen LogP contribution in [-0.4, -0.2) is 30.9 Å². The minimum Gasteiger partial charge on any atom is -0.489 e. The van der Waals surface area contributed by atoms with E-state index in [1.165, 1.54) is 0 Å². The Hall–Kier alpha value is -2.86. The molecule has 2 aromatic rings. The lowest BCUT2D eigenvalue weighted by Gasteiger charge is -2.22. The van der Waals surface area contributed by atoms with Crippen molar-refractivity contribution in [1.82, 2.24) is 10.6 Å². The number of anilines is 1. The number of rotatable bonds is 6. The van der Waals surface area contributed by atoms with Gasteiger partial charge >= 0.3 is 0 Å². The second-order valence-corrected chi connectivity index (χ2v) is 5.85. The highest BCUT2D eigenvalue weighted by molar-refractivity contribution is 5.95. The quantitative estimate of drug-likeness (QED) is 0.748. The zero-order valence-corrected chi connectivity index (χ0v) is 13.8. The first-order valence-corrected chi connectivity index (χ1v) is 8.28. The summed E-state index contributed by atoms with van der Waals surface area (Å²) in [4.78, 5) is 23.7. The SMILES string of the molecule is O=C(CC1NCCNC1=O)Nc1ccc(OCc2ccccc2)cc1. The Balaban J connectivity index is 1.48. The van der Waals surface area contributed by atoms with Gasteiger partial charge < -0.3 is 20.7 Å². The van der Waals surface area contributed by atoms with Crippen LogP contribution in [0, 0.1) is 0 Å². The second kappa shape index (κ2) is 8.30. The number of ether oxygens (including phenoxy) is 1. The third-order valence-corrected chi connectivity index (χ3v) is 3.91. The van der Waals surface area contributed by atoms with Gasteiger partial charge in [-0.15, -0.1) is 0 Å². The monoisotopic (exact) mass is 339 g/mol. The highest BCUT2D eigenvalue weighted by atomic mass is 16.5. The summed E-state index contributed by atoms with van der Waals surface area (Å²) in [6.45, 7) is 1.77. The molecule has 6 nitrogen and oxygen atoms in total. The molecule has 0 aromatic heterocycles. The van der Waals surface area contributed by atoms with Gasteiger partial charge in [0.15, 0.2) is 0 Å². The highest BCUT2D eigenvalue weighted by Gasteiger charge is 2.23. The number of benzene rings is 2. The Morgan fingerprint density at radius 1 is 1.08 bits per heavy atom. The van der Waals surface area contributed by atoms with Crippen LogP contribution in [0.15, 0.2) is 54.6 Å². The Bertz CT molecular complexity index is 716. The molecule has 0 saturated carbocycles. The minimum absolute atomic E-state index is 0.109. The molecule has 1 fully saturated rings. The van der Waals surface area contributed by atoms with E-state index in [9.17, 15) is 9.59 Å². The average Bonchev–Trinajstić information content (AvgIpc) is 2.64. The minimum atomic E-state index is -0.470. The summed E-state index contributed by atoms with van der Waals surface area (Å²) in [6.07, 6.45) is 0.109. The third-order valence-electron chi connectivity index (χ3n) is 3.91. The first-order valence-electron chi connectivity index (χ1n) is 8.28. The van der Waals surface area contributed by atoms with Crippen LogP contribution in [-0.2, 0) is 16.2 Å². The third kappa shape index (κ3) is 5.06. The molecule has 1 aliphatic rings. The van der Waals surface area contributed by atoms with E-state index in [0.29, 0.717) is 25.4 Å². The fraction of sp³-hybridized carbons (Fsp3) is 0.263. The fourth-order valence-corrected chi connectivity index (χ4v) is 2.59. The number of nitrogens with one attached hydrogen (secondary N) is 3. The average molecular weight is 339 g/mol. The number of piperazine rings is 1. The first kappa shape index (κ1) is 17.0. The predicted octanol–water partition coefficient (Wildman–Crippen LogP) is 1.68. The predicted molar refractivity (Wildman–Crippen MR) is 95.3 cm³/mol. The molecule has 2 amide bonds. The van der Waals surface area contributed by atoms with Crippen LogP contribution in [0.25, 0.3) is 0 Å². The second-order valence-electron chi connectivity index (χ2n) is 5.85. The van der Waals surface area contributed by atoms with Crippen molar-refractivity contribution in [2.45, 2.75) is 19.1 Å². The molecular formula is C19H21N3O3. The zero-order valence-electron chi connectivity index (χ0n) is 13.8. The lowest BCUT2D eigenvalue weighted by Crippen LogP contribution is -2.53. The molecule has 3 N–H and O–H groups in total. The van der Waals surface area contributed by atoms with Gasteiger partial charge in [-0.25, -0.2) is 0 Å². The van der Waals surface area contributed by atoms with Gasteiger partial charge in [0, 0.05) is 18.8 Å². The maximum atomic E-state index is 12.1. The number of carbonyl (C=O) groups excluding carboxylic acids is 2. The van der Waals surface area contributed by atoms with Crippen LogP contribution in [0.4, 0.5) is 5.69 Å². The number of hydrogen-bond donors (Lipinski definition) is 3. The topological polar surface area (TPSA) is 79.5 Å². The van der Waals surface area contributed by atoms with Crippen LogP contribution in [0.5, 0.6) is 5.75 Å². The van der Waals surface area contributed by atoms with Gasteiger partial charge in [-0.05, 0) is 29.8 Å². The van der Waals surface area contributed by atoms with Crippen LogP contribution in [0.2, 0.25) is 0 Å². The molecule has 3 rings (SSSR count). The molecular weight excluding hydrogens is 318 g/mol.